The highest BCUT2D eigenvalue weighted by Crippen LogP contribution is 2.29. The maximum atomic E-state index is 13.0. The smallest absolute Gasteiger partial charge is 0.262 e. The molecule has 30 heavy (non-hydrogen) atoms. The van der Waals surface area contributed by atoms with Gasteiger partial charge in [-0.15, -0.1) is 0 Å². The molecule has 0 unspecified atom stereocenters. The highest BCUT2D eigenvalue weighted by atomic mass is 35.5. The zero-order chi connectivity index (χ0) is 20.5. The van der Waals surface area contributed by atoms with Gasteiger partial charge in [-0.05, 0) is 56.3 Å². The number of nitrogens with one attached hydrogen (secondary N) is 2. The molecule has 1 fully saturated rings. The maximum Gasteiger partial charge on any atom is 0.262 e. The lowest BCUT2D eigenvalue weighted by Gasteiger charge is -2.20. The van der Waals surface area contributed by atoms with Crippen LogP contribution in [0.25, 0.3) is 11.3 Å². The van der Waals surface area contributed by atoms with Crippen LogP contribution < -0.4 is 10.6 Å². The van der Waals surface area contributed by atoms with Crippen molar-refractivity contribution in [1.29, 1.82) is 0 Å². The second-order valence-corrected chi connectivity index (χ2v) is 7.70. The van der Waals surface area contributed by atoms with Gasteiger partial charge in [-0.3, -0.25) is 4.79 Å². The molecule has 1 aliphatic heterocycles. The van der Waals surface area contributed by atoms with Crippen LogP contribution in [-0.4, -0.2) is 43.4 Å². The minimum absolute atomic E-state index is 0.282. The van der Waals surface area contributed by atoms with Gasteiger partial charge in [0, 0.05) is 29.4 Å². The molecule has 2 N–H and O–H groups in total. The average Bonchev–Trinajstić information content (AvgIpc) is 3.39. The van der Waals surface area contributed by atoms with Crippen LogP contribution in [-0.2, 0) is 0 Å². The first kappa shape index (κ1) is 18.8. The van der Waals surface area contributed by atoms with E-state index in [1.807, 2.05) is 30.3 Å². The molecule has 152 valence electrons. The van der Waals surface area contributed by atoms with Crippen molar-refractivity contribution in [3.63, 3.8) is 0 Å². The number of rotatable bonds is 4. The first-order valence-electron chi connectivity index (χ1n) is 9.85. The van der Waals surface area contributed by atoms with Crippen molar-refractivity contribution in [2.45, 2.75) is 18.8 Å². The van der Waals surface area contributed by atoms with Crippen LogP contribution in [0.1, 0.15) is 34.8 Å². The van der Waals surface area contributed by atoms with Gasteiger partial charge in [-0.1, -0.05) is 11.6 Å². The summed E-state index contributed by atoms with van der Waals surface area (Å²) in [5.74, 6) is 0.677. The van der Waals surface area contributed by atoms with Gasteiger partial charge in [-0.2, -0.15) is 10.2 Å². The number of benzene rings is 1. The molecule has 1 saturated heterocycles. The van der Waals surface area contributed by atoms with Gasteiger partial charge in [0.2, 0.25) is 0 Å². The fourth-order valence-corrected chi connectivity index (χ4v) is 3.88. The van der Waals surface area contributed by atoms with Crippen molar-refractivity contribution >= 4 is 29.0 Å². The standard InChI is InChI=1S/C21H20ClN7O/c22-15-2-4-16(5-3-15)29-19(12-18(27-29)14-6-9-23-10-7-14)26-21(30)17-13-25-28-11-1-8-24-20(17)28/h1-5,8,11-14,23H,6-7,9-10H2,(H,26,30). The number of halogens is 1. The first-order valence-corrected chi connectivity index (χ1v) is 10.2. The molecule has 4 heterocycles. The summed E-state index contributed by atoms with van der Waals surface area (Å²) >= 11 is 6.05. The lowest BCUT2D eigenvalue weighted by Crippen LogP contribution is -2.26. The molecule has 5 rings (SSSR count). The van der Waals surface area contributed by atoms with Gasteiger partial charge >= 0.3 is 0 Å². The highest BCUT2D eigenvalue weighted by Gasteiger charge is 2.22. The van der Waals surface area contributed by atoms with Gasteiger partial charge in [0.15, 0.2) is 5.65 Å². The van der Waals surface area contributed by atoms with E-state index in [-0.39, 0.29) is 5.91 Å². The third kappa shape index (κ3) is 3.55. The second kappa shape index (κ2) is 7.89. The Hall–Kier alpha value is -3.23. The molecular weight excluding hydrogens is 402 g/mol. The predicted octanol–water partition coefficient (Wildman–Crippen LogP) is 3.29. The van der Waals surface area contributed by atoms with Crippen molar-refractivity contribution in [1.82, 2.24) is 29.7 Å². The Morgan fingerprint density at radius 1 is 1.20 bits per heavy atom. The van der Waals surface area contributed by atoms with Crippen LogP contribution in [0.2, 0.25) is 5.02 Å². The van der Waals surface area contributed by atoms with Gasteiger partial charge in [0.1, 0.15) is 11.4 Å². The van der Waals surface area contributed by atoms with Gasteiger partial charge in [0.25, 0.3) is 5.91 Å². The van der Waals surface area contributed by atoms with Crippen LogP contribution in [0, 0.1) is 0 Å². The normalized spacial score (nSPS) is 14.8. The van der Waals surface area contributed by atoms with E-state index in [1.54, 1.807) is 27.7 Å². The zero-order valence-electron chi connectivity index (χ0n) is 16.1. The fourth-order valence-electron chi connectivity index (χ4n) is 3.76. The number of nitrogens with zero attached hydrogens (tertiary/aromatic N) is 5. The van der Waals surface area contributed by atoms with E-state index in [0.717, 1.165) is 37.3 Å². The van der Waals surface area contributed by atoms with Gasteiger partial charge < -0.3 is 10.6 Å². The number of hydrogen-bond donors (Lipinski definition) is 2. The van der Waals surface area contributed by atoms with Crippen molar-refractivity contribution in [3.05, 3.63) is 71.3 Å². The molecule has 0 radical (unpaired) electrons. The highest BCUT2D eigenvalue weighted by molar-refractivity contribution is 6.30. The molecule has 1 aromatic carbocycles. The molecule has 8 nitrogen and oxygen atoms in total. The van der Waals surface area contributed by atoms with E-state index in [2.05, 4.69) is 20.7 Å². The third-order valence-corrected chi connectivity index (χ3v) is 5.57. The number of aromatic nitrogens is 5. The number of amides is 1. The monoisotopic (exact) mass is 421 g/mol. The Balaban J connectivity index is 1.51. The molecule has 0 bridgehead atoms. The Morgan fingerprint density at radius 2 is 2.00 bits per heavy atom. The van der Waals surface area contributed by atoms with Crippen LogP contribution in [0.15, 0.2) is 55.0 Å². The topological polar surface area (TPSA) is 89.1 Å². The van der Waals surface area contributed by atoms with Crippen molar-refractivity contribution in [2.75, 3.05) is 18.4 Å². The summed E-state index contributed by atoms with van der Waals surface area (Å²) in [6, 6.07) is 11.1. The quantitative estimate of drug-likeness (QED) is 0.527. The largest absolute Gasteiger partial charge is 0.317 e. The molecule has 0 aliphatic carbocycles. The Kier molecular flexibility index (Phi) is 4.94. The van der Waals surface area contributed by atoms with Crippen LogP contribution in [0.5, 0.6) is 0 Å². The summed E-state index contributed by atoms with van der Waals surface area (Å²) in [6.07, 6.45) is 6.95. The molecule has 1 amide bonds. The van der Waals surface area contributed by atoms with E-state index in [0.29, 0.717) is 28.0 Å². The Morgan fingerprint density at radius 3 is 2.80 bits per heavy atom. The first-order chi connectivity index (χ1) is 14.7. The fraction of sp³-hybridized carbons (Fsp3) is 0.238. The summed E-state index contributed by atoms with van der Waals surface area (Å²) < 4.78 is 3.33. The molecule has 0 atom stereocenters. The van der Waals surface area contributed by atoms with Crippen molar-refractivity contribution in [3.8, 4) is 5.69 Å². The van der Waals surface area contributed by atoms with Crippen LogP contribution in [0.4, 0.5) is 5.82 Å². The number of hydrogen-bond acceptors (Lipinski definition) is 5. The summed E-state index contributed by atoms with van der Waals surface area (Å²) in [7, 11) is 0. The third-order valence-electron chi connectivity index (χ3n) is 5.32. The Labute approximate surface area is 177 Å². The van der Waals surface area contributed by atoms with E-state index in [4.69, 9.17) is 16.7 Å². The average molecular weight is 422 g/mol. The molecule has 9 heteroatoms. The van der Waals surface area contributed by atoms with Crippen LogP contribution in [0.3, 0.4) is 0 Å². The van der Waals surface area contributed by atoms with E-state index >= 15 is 0 Å². The summed E-state index contributed by atoms with van der Waals surface area (Å²) in [6.45, 7) is 1.93. The lowest BCUT2D eigenvalue weighted by molar-refractivity contribution is 0.102. The number of carbonyl (C=O) groups is 1. The number of anilines is 1. The molecule has 3 aromatic heterocycles. The molecular formula is C21H20ClN7O. The van der Waals surface area contributed by atoms with E-state index in [1.165, 1.54) is 6.20 Å². The maximum absolute atomic E-state index is 13.0. The van der Waals surface area contributed by atoms with Crippen molar-refractivity contribution in [2.24, 2.45) is 0 Å². The molecule has 1 aliphatic rings. The minimum Gasteiger partial charge on any atom is -0.317 e. The van der Waals surface area contributed by atoms with Crippen molar-refractivity contribution < 1.29 is 4.79 Å². The molecule has 0 saturated carbocycles. The van der Waals surface area contributed by atoms with E-state index < -0.39 is 0 Å². The SMILES string of the molecule is O=C(Nc1cc(C2CCNCC2)nn1-c1ccc(Cl)cc1)c1cnn2cccnc12. The van der Waals surface area contributed by atoms with Gasteiger partial charge in [-0.25, -0.2) is 14.2 Å². The van der Waals surface area contributed by atoms with E-state index in [9.17, 15) is 4.79 Å². The zero-order valence-corrected chi connectivity index (χ0v) is 16.9. The number of carbonyl (C=O) groups excluding carboxylic acids is 1. The number of fused-ring (bicyclic) bond motifs is 1. The summed E-state index contributed by atoms with van der Waals surface area (Å²) in [5, 5.41) is 16.0. The second-order valence-electron chi connectivity index (χ2n) is 7.27. The predicted molar refractivity (Wildman–Crippen MR) is 114 cm³/mol. The molecule has 0 spiro atoms. The molecule has 4 aromatic rings. The lowest BCUT2D eigenvalue weighted by atomic mass is 9.95. The minimum atomic E-state index is -0.282. The summed E-state index contributed by atoms with van der Waals surface area (Å²) in [4.78, 5) is 17.3. The summed E-state index contributed by atoms with van der Waals surface area (Å²) in [5.41, 5.74) is 2.71. The number of piperidine rings is 1. The Bertz CT molecular complexity index is 1190. The van der Waals surface area contributed by atoms with Gasteiger partial charge in [0.05, 0.1) is 17.6 Å². The van der Waals surface area contributed by atoms with Crippen LogP contribution >= 0.6 is 11.6 Å².